The number of hydrogen-bond acceptors (Lipinski definition) is 2. The molecule has 0 saturated carbocycles. The molecule has 1 saturated heterocycles. The Kier molecular flexibility index (Phi) is 10.6. The van der Waals surface area contributed by atoms with E-state index in [1.165, 1.54) is 32.1 Å². The van der Waals surface area contributed by atoms with E-state index in [-0.39, 0.29) is 0 Å². The zero-order valence-electron chi connectivity index (χ0n) is 18.9. The van der Waals surface area contributed by atoms with Gasteiger partial charge in [-0.1, -0.05) is 70.6 Å². The SMILES string of the molecule is CC(C)(C)CC1(CC(C)(C)C)CCN(C(=O)CCCCCNCCI)CC1. The second-order valence-corrected chi connectivity index (χ2v) is 12.2. The quantitative estimate of drug-likeness (QED) is 0.229. The Balaban J connectivity index is 2.43. The van der Waals surface area contributed by atoms with Gasteiger partial charge in [0.1, 0.15) is 0 Å². The number of nitrogens with zero attached hydrogens (tertiary/aromatic N) is 1. The fraction of sp³-hybridized carbons (Fsp3) is 0.957. The molecular weight excluding hydrogens is 447 g/mol. The molecule has 0 spiro atoms. The zero-order valence-corrected chi connectivity index (χ0v) is 21.1. The standard InChI is InChI=1S/C23H45IN2O/c1-21(2,3)18-23(19-22(4,5)6)11-16-26(17-12-23)20(27)10-8-7-9-14-25-15-13-24/h25H,7-19H2,1-6H3. The number of piperidine rings is 1. The first-order chi connectivity index (χ1) is 12.5. The van der Waals surface area contributed by atoms with E-state index in [2.05, 4.69) is 74.3 Å². The normalized spacial score (nSPS) is 18.0. The maximum Gasteiger partial charge on any atom is 0.222 e. The largest absolute Gasteiger partial charge is 0.343 e. The molecule has 0 unspecified atom stereocenters. The first-order valence-electron chi connectivity index (χ1n) is 11.0. The van der Waals surface area contributed by atoms with Crippen molar-refractivity contribution in [2.75, 3.05) is 30.6 Å². The highest BCUT2D eigenvalue weighted by molar-refractivity contribution is 14.1. The van der Waals surface area contributed by atoms with Crippen LogP contribution in [0.4, 0.5) is 0 Å². The summed E-state index contributed by atoms with van der Waals surface area (Å²) in [5, 5.41) is 3.43. The minimum atomic E-state index is 0.350. The van der Waals surface area contributed by atoms with E-state index < -0.39 is 0 Å². The van der Waals surface area contributed by atoms with Gasteiger partial charge in [-0.2, -0.15) is 0 Å². The number of rotatable bonds is 10. The van der Waals surface area contributed by atoms with Crippen molar-refractivity contribution in [2.45, 2.75) is 92.9 Å². The second-order valence-electron chi connectivity index (χ2n) is 11.1. The van der Waals surface area contributed by atoms with E-state index >= 15 is 0 Å². The van der Waals surface area contributed by atoms with E-state index in [0.717, 1.165) is 49.9 Å². The molecule has 1 rings (SSSR count). The van der Waals surface area contributed by atoms with Crippen LogP contribution in [0.15, 0.2) is 0 Å². The van der Waals surface area contributed by atoms with Crippen LogP contribution in [-0.4, -0.2) is 41.4 Å². The molecule has 1 heterocycles. The molecule has 1 amide bonds. The highest BCUT2D eigenvalue weighted by atomic mass is 127. The Morgan fingerprint density at radius 1 is 0.926 bits per heavy atom. The molecule has 0 aromatic carbocycles. The van der Waals surface area contributed by atoms with Gasteiger partial charge in [0.2, 0.25) is 5.91 Å². The maximum absolute atomic E-state index is 12.6. The Labute approximate surface area is 182 Å². The van der Waals surface area contributed by atoms with Crippen molar-refractivity contribution in [2.24, 2.45) is 16.2 Å². The van der Waals surface area contributed by atoms with E-state index in [0.29, 0.717) is 22.2 Å². The molecule has 1 fully saturated rings. The average Bonchev–Trinajstić information content (AvgIpc) is 2.51. The topological polar surface area (TPSA) is 32.3 Å². The summed E-state index contributed by atoms with van der Waals surface area (Å²) >= 11 is 2.39. The van der Waals surface area contributed by atoms with Gasteiger partial charge in [0.05, 0.1) is 0 Å². The first-order valence-corrected chi connectivity index (χ1v) is 12.5. The lowest BCUT2D eigenvalue weighted by Crippen LogP contribution is -2.45. The number of nitrogens with one attached hydrogen (secondary N) is 1. The molecule has 0 aromatic rings. The molecule has 4 heteroatoms. The van der Waals surface area contributed by atoms with Gasteiger partial charge < -0.3 is 10.2 Å². The van der Waals surface area contributed by atoms with E-state index in [9.17, 15) is 4.79 Å². The van der Waals surface area contributed by atoms with Gasteiger partial charge in [0.15, 0.2) is 0 Å². The number of alkyl halides is 1. The summed E-state index contributed by atoms with van der Waals surface area (Å²) in [6, 6.07) is 0. The molecule has 1 N–H and O–H groups in total. The molecule has 0 radical (unpaired) electrons. The van der Waals surface area contributed by atoms with Crippen LogP contribution < -0.4 is 5.32 Å². The number of halogens is 1. The van der Waals surface area contributed by atoms with Gasteiger partial charge in [-0.05, 0) is 61.3 Å². The molecule has 1 aliphatic heterocycles. The highest BCUT2D eigenvalue weighted by Gasteiger charge is 2.40. The number of amides is 1. The Hall–Kier alpha value is 0.160. The third-order valence-electron chi connectivity index (χ3n) is 5.50. The fourth-order valence-electron chi connectivity index (χ4n) is 4.95. The average molecular weight is 493 g/mol. The predicted octanol–water partition coefficient (Wildman–Crippen LogP) is 6.05. The monoisotopic (exact) mass is 492 g/mol. The van der Waals surface area contributed by atoms with E-state index in [1.54, 1.807) is 0 Å². The molecule has 27 heavy (non-hydrogen) atoms. The number of carbonyl (C=O) groups is 1. The maximum atomic E-state index is 12.6. The van der Waals surface area contributed by atoms with Gasteiger partial charge in [0.25, 0.3) is 0 Å². The van der Waals surface area contributed by atoms with Gasteiger partial charge in [-0.25, -0.2) is 0 Å². The molecular formula is C23H45IN2O. The lowest BCUT2D eigenvalue weighted by molar-refractivity contribution is -0.134. The van der Waals surface area contributed by atoms with Crippen molar-refractivity contribution in [3.63, 3.8) is 0 Å². The molecule has 0 bridgehead atoms. The second kappa shape index (κ2) is 11.4. The number of hydrogen-bond donors (Lipinski definition) is 1. The van der Waals surface area contributed by atoms with Crippen LogP contribution in [-0.2, 0) is 4.79 Å². The van der Waals surface area contributed by atoms with Crippen molar-refractivity contribution in [1.82, 2.24) is 10.2 Å². The Bertz CT molecular complexity index is 411. The van der Waals surface area contributed by atoms with Crippen molar-refractivity contribution in [3.8, 4) is 0 Å². The van der Waals surface area contributed by atoms with Gasteiger partial charge in [0, 0.05) is 30.5 Å². The van der Waals surface area contributed by atoms with E-state index in [1.807, 2.05) is 0 Å². The Morgan fingerprint density at radius 2 is 1.48 bits per heavy atom. The first kappa shape index (κ1) is 25.2. The molecule has 160 valence electrons. The minimum absolute atomic E-state index is 0.350. The molecule has 0 atom stereocenters. The highest BCUT2D eigenvalue weighted by Crippen LogP contribution is 2.48. The third-order valence-corrected chi connectivity index (χ3v) is 6.04. The molecule has 1 aliphatic rings. The van der Waals surface area contributed by atoms with Crippen molar-refractivity contribution in [3.05, 3.63) is 0 Å². The summed E-state index contributed by atoms with van der Waals surface area (Å²) in [6.45, 7) is 18.3. The zero-order chi connectivity index (χ0) is 20.6. The van der Waals surface area contributed by atoms with Crippen molar-refractivity contribution < 1.29 is 4.79 Å². The number of unbranched alkanes of at least 4 members (excludes halogenated alkanes) is 2. The van der Waals surface area contributed by atoms with Crippen molar-refractivity contribution >= 4 is 28.5 Å². The van der Waals surface area contributed by atoms with Crippen LogP contribution >= 0.6 is 22.6 Å². The van der Waals surface area contributed by atoms with Crippen LogP contribution in [0.5, 0.6) is 0 Å². The summed E-state index contributed by atoms with van der Waals surface area (Å²) in [4.78, 5) is 14.8. The van der Waals surface area contributed by atoms with Crippen molar-refractivity contribution in [1.29, 1.82) is 0 Å². The summed E-state index contributed by atoms with van der Waals surface area (Å²) in [7, 11) is 0. The van der Waals surface area contributed by atoms with Crippen LogP contribution in [0.1, 0.15) is 92.9 Å². The number of likely N-dealkylation sites (tertiary alicyclic amines) is 1. The van der Waals surface area contributed by atoms with E-state index in [4.69, 9.17) is 0 Å². The van der Waals surface area contributed by atoms with Crippen LogP contribution in [0.3, 0.4) is 0 Å². The predicted molar refractivity (Wildman–Crippen MR) is 127 cm³/mol. The molecule has 3 nitrogen and oxygen atoms in total. The van der Waals surface area contributed by atoms with Gasteiger partial charge >= 0.3 is 0 Å². The van der Waals surface area contributed by atoms with Gasteiger partial charge in [-0.3, -0.25) is 4.79 Å². The smallest absolute Gasteiger partial charge is 0.222 e. The lowest BCUT2D eigenvalue weighted by Gasteiger charge is -2.48. The Morgan fingerprint density at radius 3 is 1.96 bits per heavy atom. The minimum Gasteiger partial charge on any atom is -0.343 e. The molecule has 0 aliphatic carbocycles. The lowest BCUT2D eigenvalue weighted by atomic mass is 9.62. The number of carbonyl (C=O) groups excluding carboxylic acids is 1. The fourth-order valence-corrected chi connectivity index (χ4v) is 5.33. The summed E-state index contributed by atoms with van der Waals surface area (Å²) < 4.78 is 1.16. The van der Waals surface area contributed by atoms with Crippen LogP contribution in [0.25, 0.3) is 0 Å². The van der Waals surface area contributed by atoms with Crippen LogP contribution in [0, 0.1) is 16.2 Å². The summed E-state index contributed by atoms with van der Waals surface area (Å²) in [5.41, 5.74) is 1.10. The summed E-state index contributed by atoms with van der Waals surface area (Å²) in [6.07, 6.45) is 9.00. The third kappa shape index (κ3) is 11.1. The van der Waals surface area contributed by atoms with Crippen LogP contribution in [0.2, 0.25) is 0 Å². The molecule has 0 aromatic heterocycles. The van der Waals surface area contributed by atoms with Gasteiger partial charge in [-0.15, -0.1) is 0 Å². The summed E-state index contributed by atoms with van der Waals surface area (Å²) in [5.74, 6) is 0.385.